The summed E-state index contributed by atoms with van der Waals surface area (Å²) >= 11 is 1.81. The summed E-state index contributed by atoms with van der Waals surface area (Å²) in [7, 11) is 2.03. The monoisotopic (exact) mass is 210 g/mol. The van der Waals surface area contributed by atoms with Crippen molar-refractivity contribution in [3.8, 4) is 0 Å². The highest BCUT2D eigenvalue weighted by atomic mass is 32.1. The Morgan fingerprint density at radius 2 is 2.29 bits per heavy atom. The average Bonchev–Trinajstić information content (AvgIpc) is 2.88. The van der Waals surface area contributed by atoms with Crippen LogP contribution in [0.15, 0.2) is 5.51 Å². The highest BCUT2D eigenvalue weighted by molar-refractivity contribution is 7.09. The van der Waals surface area contributed by atoms with Crippen molar-refractivity contribution in [1.29, 1.82) is 0 Å². The van der Waals surface area contributed by atoms with Crippen LogP contribution in [0, 0.1) is 0 Å². The van der Waals surface area contributed by atoms with Crippen molar-refractivity contribution in [2.45, 2.75) is 44.6 Å². The molecule has 3 heteroatoms. The van der Waals surface area contributed by atoms with Crippen LogP contribution in [0.2, 0.25) is 0 Å². The lowest BCUT2D eigenvalue weighted by atomic mass is 9.98. The first-order chi connectivity index (χ1) is 6.62. The van der Waals surface area contributed by atoms with E-state index in [-0.39, 0.29) is 5.54 Å². The summed E-state index contributed by atoms with van der Waals surface area (Å²) in [5, 5.41) is 3.35. The molecule has 2 rings (SSSR count). The van der Waals surface area contributed by atoms with Crippen LogP contribution in [0.5, 0.6) is 0 Å². The summed E-state index contributed by atoms with van der Waals surface area (Å²) in [6.07, 6.45) is 3.79. The minimum Gasteiger partial charge on any atom is -0.314 e. The number of aromatic nitrogens is 1. The summed E-state index contributed by atoms with van der Waals surface area (Å²) in [4.78, 5) is 5.97. The number of hydrogen-bond acceptors (Lipinski definition) is 3. The summed E-state index contributed by atoms with van der Waals surface area (Å²) in [5.41, 5.74) is 3.56. The second kappa shape index (κ2) is 3.63. The van der Waals surface area contributed by atoms with Crippen molar-refractivity contribution < 1.29 is 0 Å². The van der Waals surface area contributed by atoms with E-state index in [0.717, 1.165) is 12.3 Å². The molecule has 0 atom stereocenters. The van der Waals surface area contributed by atoms with Crippen LogP contribution >= 0.6 is 11.3 Å². The molecule has 1 saturated carbocycles. The molecule has 2 nitrogen and oxygen atoms in total. The van der Waals surface area contributed by atoms with E-state index in [4.69, 9.17) is 0 Å². The van der Waals surface area contributed by atoms with Crippen molar-refractivity contribution >= 4 is 11.3 Å². The Kier molecular flexibility index (Phi) is 2.62. The zero-order chi connectivity index (χ0) is 10.2. The molecule has 1 aliphatic rings. The van der Waals surface area contributed by atoms with Gasteiger partial charge in [0.15, 0.2) is 0 Å². The second-order valence-electron chi connectivity index (χ2n) is 4.75. The van der Waals surface area contributed by atoms with E-state index in [0.29, 0.717) is 0 Å². The molecule has 0 spiro atoms. The van der Waals surface area contributed by atoms with Crippen LogP contribution in [0.1, 0.15) is 43.2 Å². The van der Waals surface area contributed by atoms with Gasteiger partial charge in [-0.15, -0.1) is 11.3 Å². The minimum absolute atomic E-state index is 0.191. The largest absolute Gasteiger partial charge is 0.314 e. The molecule has 0 radical (unpaired) electrons. The predicted octanol–water partition coefficient (Wildman–Crippen LogP) is 2.56. The van der Waals surface area contributed by atoms with Crippen molar-refractivity contribution in [1.82, 2.24) is 10.3 Å². The van der Waals surface area contributed by atoms with Crippen LogP contribution in [0.25, 0.3) is 0 Å². The smallest absolute Gasteiger partial charge is 0.0797 e. The van der Waals surface area contributed by atoms with E-state index in [9.17, 15) is 0 Å². The molecule has 1 aromatic heterocycles. The normalized spacial score (nSPS) is 17.4. The zero-order valence-corrected chi connectivity index (χ0v) is 9.95. The highest BCUT2D eigenvalue weighted by Gasteiger charge is 2.30. The molecule has 0 saturated heterocycles. The Morgan fingerprint density at radius 3 is 2.86 bits per heavy atom. The van der Waals surface area contributed by atoms with Crippen molar-refractivity contribution in [3.05, 3.63) is 16.1 Å². The first kappa shape index (κ1) is 10.1. The Morgan fingerprint density at radius 1 is 1.57 bits per heavy atom. The van der Waals surface area contributed by atoms with Gasteiger partial charge in [-0.25, -0.2) is 4.98 Å². The van der Waals surface area contributed by atoms with Gasteiger partial charge in [0.2, 0.25) is 0 Å². The maximum Gasteiger partial charge on any atom is 0.0797 e. The van der Waals surface area contributed by atoms with E-state index in [2.05, 4.69) is 24.1 Å². The fourth-order valence-corrected chi connectivity index (χ4v) is 2.67. The third-order valence-electron chi connectivity index (χ3n) is 2.92. The van der Waals surface area contributed by atoms with Crippen LogP contribution in [0.4, 0.5) is 0 Å². The zero-order valence-electron chi connectivity index (χ0n) is 9.13. The van der Waals surface area contributed by atoms with E-state index in [1.807, 2.05) is 23.9 Å². The van der Waals surface area contributed by atoms with Crippen LogP contribution in [-0.2, 0) is 6.42 Å². The molecular weight excluding hydrogens is 192 g/mol. The number of hydrogen-bond donors (Lipinski definition) is 1. The standard InChI is InChI=1S/C11H18N2S/c1-11(2,12-3)6-9-10(8-4-5-8)13-7-14-9/h7-8,12H,4-6H2,1-3H3. The Labute approximate surface area is 89.8 Å². The number of rotatable bonds is 4. The molecule has 1 N–H and O–H groups in total. The fourth-order valence-electron chi connectivity index (χ4n) is 1.59. The molecule has 0 unspecified atom stereocenters. The molecule has 0 aliphatic heterocycles. The fraction of sp³-hybridized carbons (Fsp3) is 0.727. The molecule has 78 valence electrons. The first-order valence-electron chi connectivity index (χ1n) is 5.23. The lowest BCUT2D eigenvalue weighted by Crippen LogP contribution is -2.38. The third kappa shape index (κ3) is 2.15. The van der Waals surface area contributed by atoms with Gasteiger partial charge in [-0.2, -0.15) is 0 Å². The Hall–Kier alpha value is -0.410. The Balaban J connectivity index is 2.11. The molecule has 1 fully saturated rings. The highest BCUT2D eigenvalue weighted by Crippen LogP contribution is 2.42. The summed E-state index contributed by atoms with van der Waals surface area (Å²) in [6, 6.07) is 0. The SMILES string of the molecule is CNC(C)(C)Cc1scnc1C1CC1. The maximum atomic E-state index is 4.49. The molecule has 1 aromatic rings. The van der Waals surface area contributed by atoms with Crippen molar-refractivity contribution in [2.24, 2.45) is 0 Å². The average molecular weight is 210 g/mol. The van der Waals surface area contributed by atoms with E-state index < -0.39 is 0 Å². The van der Waals surface area contributed by atoms with Crippen LogP contribution < -0.4 is 5.32 Å². The topological polar surface area (TPSA) is 24.9 Å². The van der Waals surface area contributed by atoms with Crippen molar-refractivity contribution in [3.63, 3.8) is 0 Å². The van der Waals surface area contributed by atoms with E-state index >= 15 is 0 Å². The molecule has 0 amide bonds. The Bertz CT molecular complexity index is 313. The van der Waals surface area contributed by atoms with Gasteiger partial charge >= 0.3 is 0 Å². The van der Waals surface area contributed by atoms with Gasteiger partial charge in [-0.1, -0.05) is 0 Å². The second-order valence-corrected chi connectivity index (χ2v) is 5.69. The predicted molar refractivity (Wildman–Crippen MR) is 60.9 cm³/mol. The van der Waals surface area contributed by atoms with Gasteiger partial charge in [0, 0.05) is 22.8 Å². The number of thiazole rings is 1. The molecule has 14 heavy (non-hydrogen) atoms. The molecule has 0 bridgehead atoms. The minimum atomic E-state index is 0.191. The van der Waals surface area contributed by atoms with Gasteiger partial charge in [0.1, 0.15) is 0 Å². The summed E-state index contributed by atoms with van der Waals surface area (Å²) in [5.74, 6) is 0.781. The van der Waals surface area contributed by atoms with E-state index in [1.165, 1.54) is 23.4 Å². The third-order valence-corrected chi connectivity index (χ3v) is 3.76. The van der Waals surface area contributed by atoms with Gasteiger partial charge in [-0.05, 0) is 33.7 Å². The van der Waals surface area contributed by atoms with Gasteiger partial charge in [0.25, 0.3) is 0 Å². The number of nitrogens with zero attached hydrogens (tertiary/aromatic N) is 1. The number of nitrogens with one attached hydrogen (secondary N) is 1. The van der Waals surface area contributed by atoms with Crippen LogP contribution in [0.3, 0.4) is 0 Å². The van der Waals surface area contributed by atoms with Gasteiger partial charge in [0.05, 0.1) is 11.2 Å². The molecule has 1 heterocycles. The molecule has 0 aromatic carbocycles. The van der Waals surface area contributed by atoms with Gasteiger partial charge in [-0.3, -0.25) is 0 Å². The first-order valence-corrected chi connectivity index (χ1v) is 6.11. The summed E-state index contributed by atoms with van der Waals surface area (Å²) < 4.78 is 0. The quantitative estimate of drug-likeness (QED) is 0.826. The lowest BCUT2D eigenvalue weighted by Gasteiger charge is -2.23. The number of likely N-dealkylation sites (N-methyl/N-ethyl adjacent to an activating group) is 1. The molecule has 1 aliphatic carbocycles. The summed E-state index contributed by atoms with van der Waals surface area (Å²) in [6.45, 7) is 4.48. The maximum absolute atomic E-state index is 4.49. The van der Waals surface area contributed by atoms with Crippen LogP contribution in [-0.4, -0.2) is 17.6 Å². The molecular formula is C11H18N2S. The van der Waals surface area contributed by atoms with Gasteiger partial charge < -0.3 is 5.32 Å². The van der Waals surface area contributed by atoms with E-state index in [1.54, 1.807) is 0 Å². The lowest BCUT2D eigenvalue weighted by molar-refractivity contribution is 0.423. The van der Waals surface area contributed by atoms with Crippen molar-refractivity contribution in [2.75, 3.05) is 7.05 Å².